The van der Waals surface area contributed by atoms with Gasteiger partial charge in [-0.05, 0) is 12.8 Å². The number of alkyl halides is 1. The Bertz CT molecular complexity index is 1040. The van der Waals surface area contributed by atoms with Crippen LogP contribution < -0.4 is 0 Å². The third-order valence-electron chi connectivity index (χ3n) is 5.43. The number of carbonyl (C=O) groups is 3. The molecule has 2 aliphatic carbocycles. The van der Waals surface area contributed by atoms with Crippen LogP contribution >= 0.6 is 15.9 Å². The molecular weight excluding hydrogens is 416 g/mol. The molecule has 0 saturated heterocycles. The smallest absolute Gasteiger partial charge is 0.198 e. The lowest BCUT2D eigenvalue weighted by molar-refractivity contribution is -0.135. The highest BCUT2D eigenvalue weighted by Gasteiger charge is 2.44. The third-order valence-corrected chi connectivity index (χ3v) is 5.94. The predicted octanol–water partition coefficient (Wildman–Crippen LogP) is 2.06. The summed E-state index contributed by atoms with van der Waals surface area (Å²) in [6, 6.07) is 6.22. The van der Waals surface area contributed by atoms with Crippen molar-refractivity contribution in [3.8, 4) is 11.5 Å². The van der Waals surface area contributed by atoms with Crippen molar-refractivity contribution in [2.45, 2.75) is 24.9 Å². The fraction of sp³-hybridized carbons (Fsp3) is 0.250. The van der Waals surface area contributed by atoms with Crippen LogP contribution in [-0.4, -0.2) is 43.6 Å². The number of halogens is 1. The van der Waals surface area contributed by atoms with Crippen molar-refractivity contribution >= 4 is 33.3 Å². The summed E-state index contributed by atoms with van der Waals surface area (Å²) in [7, 11) is 0. The molecule has 0 fully saturated rings. The average molecular weight is 431 g/mol. The minimum Gasteiger partial charge on any atom is -0.507 e. The van der Waals surface area contributed by atoms with Gasteiger partial charge in [-0.25, -0.2) is 0 Å². The Kier molecular flexibility index (Phi) is 3.98. The van der Waals surface area contributed by atoms with E-state index in [-0.39, 0.29) is 58.2 Å². The maximum absolute atomic E-state index is 12.9. The molecule has 2 aromatic rings. The standard InChI is InChI=1S/C20H15BrO6/c21-8-13(22)20(27)6-5-11-12(7-20)19(26)15-14(18(11)25)16(23)9-3-1-2-4-10(9)17(15)24/h1-4,25-27H,5-8H2/t20-/m1/s1. The maximum Gasteiger partial charge on any atom is 0.198 e. The van der Waals surface area contributed by atoms with Crippen LogP contribution in [-0.2, 0) is 17.6 Å². The van der Waals surface area contributed by atoms with Gasteiger partial charge in [0.25, 0.3) is 0 Å². The highest BCUT2D eigenvalue weighted by atomic mass is 79.9. The highest BCUT2D eigenvalue weighted by Crippen LogP contribution is 2.47. The Labute approximate surface area is 162 Å². The van der Waals surface area contributed by atoms with E-state index in [1.165, 1.54) is 12.1 Å². The van der Waals surface area contributed by atoms with Crippen molar-refractivity contribution in [3.63, 3.8) is 0 Å². The number of Topliss-reactive ketones (excluding diaryl/α,β-unsaturated/α-hetero) is 1. The largest absolute Gasteiger partial charge is 0.507 e. The van der Waals surface area contributed by atoms with Gasteiger partial charge in [0.2, 0.25) is 0 Å². The van der Waals surface area contributed by atoms with Gasteiger partial charge >= 0.3 is 0 Å². The molecule has 1 atom stereocenters. The molecule has 138 valence electrons. The molecule has 4 rings (SSSR count). The van der Waals surface area contributed by atoms with Gasteiger partial charge in [0.05, 0.1) is 16.5 Å². The Balaban J connectivity index is 1.96. The highest BCUT2D eigenvalue weighted by molar-refractivity contribution is 9.09. The minimum absolute atomic E-state index is 0.0505. The molecule has 0 spiro atoms. The van der Waals surface area contributed by atoms with Gasteiger partial charge in [-0.1, -0.05) is 40.2 Å². The normalized spacial score (nSPS) is 20.7. The molecule has 0 aromatic heterocycles. The van der Waals surface area contributed by atoms with Crippen molar-refractivity contribution in [1.82, 2.24) is 0 Å². The molecule has 0 heterocycles. The number of aromatic hydroxyl groups is 2. The third kappa shape index (κ3) is 2.38. The van der Waals surface area contributed by atoms with Gasteiger partial charge in [0, 0.05) is 28.7 Å². The van der Waals surface area contributed by atoms with E-state index in [9.17, 15) is 29.7 Å². The molecule has 0 radical (unpaired) electrons. The lowest BCUT2D eigenvalue weighted by Gasteiger charge is -2.34. The lowest BCUT2D eigenvalue weighted by atomic mass is 9.73. The van der Waals surface area contributed by atoms with Crippen LogP contribution in [0.3, 0.4) is 0 Å². The molecule has 6 nitrogen and oxygen atoms in total. The Morgan fingerprint density at radius 3 is 2.04 bits per heavy atom. The minimum atomic E-state index is -1.70. The summed E-state index contributed by atoms with van der Waals surface area (Å²) in [5, 5.41) is 32.1. The number of hydrogen-bond donors (Lipinski definition) is 3. The fourth-order valence-corrected chi connectivity index (χ4v) is 4.47. The molecule has 2 aliphatic rings. The topological polar surface area (TPSA) is 112 Å². The van der Waals surface area contributed by atoms with Crippen molar-refractivity contribution in [1.29, 1.82) is 0 Å². The Morgan fingerprint density at radius 1 is 1.00 bits per heavy atom. The van der Waals surface area contributed by atoms with E-state index in [2.05, 4.69) is 15.9 Å². The Morgan fingerprint density at radius 2 is 1.52 bits per heavy atom. The molecule has 27 heavy (non-hydrogen) atoms. The quantitative estimate of drug-likeness (QED) is 0.423. The van der Waals surface area contributed by atoms with Crippen LogP contribution in [0.4, 0.5) is 0 Å². The number of phenolic OH excluding ortho intramolecular Hbond substituents is 2. The predicted molar refractivity (Wildman–Crippen MR) is 98.9 cm³/mol. The lowest BCUT2D eigenvalue weighted by Crippen LogP contribution is -2.45. The molecule has 0 unspecified atom stereocenters. The van der Waals surface area contributed by atoms with E-state index < -0.39 is 28.7 Å². The molecule has 0 amide bonds. The summed E-state index contributed by atoms with van der Waals surface area (Å²) < 4.78 is 0. The molecule has 7 heteroatoms. The first-order chi connectivity index (χ1) is 12.8. The molecule has 0 bridgehead atoms. The van der Waals surface area contributed by atoms with Crippen molar-refractivity contribution in [2.75, 3.05) is 5.33 Å². The van der Waals surface area contributed by atoms with E-state index in [4.69, 9.17) is 0 Å². The van der Waals surface area contributed by atoms with Gasteiger partial charge in [-0.15, -0.1) is 0 Å². The summed E-state index contributed by atoms with van der Waals surface area (Å²) in [5.41, 5.74) is -1.45. The maximum atomic E-state index is 12.9. The fourth-order valence-electron chi connectivity index (χ4n) is 3.95. The van der Waals surface area contributed by atoms with E-state index in [0.29, 0.717) is 5.56 Å². The molecule has 0 aliphatic heterocycles. The second-order valence-electron chi connectivity index (χ2n) is 6.87. The first kappa shape index (κ1) is 17.9. The zero-order valence-corrected chi connectivity index (χ0v) is 15.7. The molecule has 0 saturated carbocycles. The van der Waals surface area contributed by atoms with Gasteiger partial charge in [-0.2, -0.15) is 0 Å². The van der Waals surface area contributed by atoms with E-state index in [1.807, 2.05) is 0 Å². The van der Waals surface area contributed by atoms with Crippen molar-refractivity contribution in [2.24, 2.45) is 0 Å². The number of hydrogen-bond acceptors (Lipinski definition) is 6. The van der Waals surface area contributed by atoms with Crippen LogP contribution in [0.5, 0.6) is 11.5 Å². The van der Waals surface area contributed by atoms with Crippen LogP contribution in [0.1, 0.15) is 49.4 Å². The van der Waals surface area contributed by atoms with Gasteiger partial charge in [0.15, 0.2) is 17.3 Å². The zero-order chi connectivity index (χ0) is 19.5. The monoisotopic (exact) mass is 430 g/mol. The SMILES string of the molecule is O=C1c2ccccc2C(=O)c2c(O)c3c(c(O)c21)CC[C@](O)(C(=O)CBr)C3. The molecule has 3 N–H and O–H groups in total. The average Bonchev–Trinajstić information content (AvgIpc) is 2.68. The second kappa shape index (κ2) is 6.00. The number of ketones is 3. The Hall–Kier alpha value is -2.51. The number of aliphatic hydroxyl groups is 1. The van der Waals surface area contributed by atoms with Crippen molar-refractivity contribution in [3.05, 3.63) is 57.6 Å². The molecule has 2 aromatic carbocycles. The van der Waals surface area contributed by atoms with Crippen LogP contribution in [0.15, 0.2) is 24.3 Å². The van der Waals surface area contributed by atoms with Crippen LogP contribution in [0.25, 0.3) is 0 Å². The van der Waals surface area contributed by atoms with Gasteiger partial charge in [0.1, 0.15) is 17.1 Å². The summed E-state index contributed by atoms with van der Waals surface area (Å²) in [5.74, 6) is -2.37. The second-order valence-corrected chi connectivity index (χ2v) is 7.43. The van der Waals surface area contributed by atoms with Gasteiger partial charge in [-0.3, -0.25) is 14.4 Å². The first-order valence-electron chi connectivity index (χ1n) is 8.40. The summed E-state index contributed by atoms with van der Waals surface area (Å²) >= 11 is 3.03. The molecular formula is C20H15BrO6. The number of rotatable bonds is 2. The van der Waals surface area contributed by atoms with Crippen LogP contribution in [0.2, 0.25) is 0 Å². The number of phenols is 2. The number of benzene rings is 2. The van der Waals surface area contributed by atoms with Crippen molar-refractivity contribution < 1.29 is 29.7 Å². The van der Waals surface area contributed by atoms with E-state index in [1.54, 1.807) is 12.1 Å². The van der Waals surface area contributed by atoms with Gasteiger partial charge < -0.3 is 15.3 Å². The van der Waals surface area contributed by atoms with Crippen LogP contribution in [0, 0.1) is 0 Å². The number of fused-ring (bicyclic) bond motifs is 3. The van der Waals surface area contributed by atoms with E-state index >= 15 is 0 Å². The summed E-state index contributed by atoms with van der Waals surface area (Å²) in [6.07, 6.45) is -0.0855. The zero-order valence-electron chi connectivity index (χ0n) is 14.1. The summed E-state index contributed by atoms with van der Waals surface area (Å²) in [4.78, 5) is 37.9. The van der Waals surface area contributed by atoms with E-state index in [0.717, 1.165) is 0 Å². The number of carbonyl (C=O) groups excluding carboxylic acids is 3. The summed E-state index contributed by atoms with van der Waals surface area (Å²) in [6.45, 7) is 0. The first-order valence-corrected chi connectivity index (χ1v) is 9.52.